The molecule has 212 valence electrons. The van der Waals surface area contributed by atoms with E-state index in [1.807, 2.05) is 68.4 Å². The number of aromatic nitrogens is 3. The second-order valence-electron chi connectivity index (χ2n) is 9.51. The van der Waals surface area contributed by atoms with Gasteiger partial charge in [-0.2, -0.15) is 4.98 Å². The highest BCUT2D eigenvalue weighted by Crippen LogP contribution is 2.40. The van der Waals surface area contributed by atoms with Crippen molar-refractivity contribution in [3.05, 3.63) is 105 Å². The number of nitrogens with one attached hydrogen (secondary N) is 1. The Balaban J connectivity index is 1.47. The first-order valence-corrected chi connectivity index (χ1v) is 14.6. The van der Waals surface area contributed by atoms with E-state index in [0.717, 1.165) is 16.7 Å². The molecule has 1 aliphatic heterocycles. The molecule has 0 saturated heterocycles. The predicted molar refractivity (Wildman–Crippen MR) is 161 cm³/mol. The highest BCUT2D eigenvalue weighted by atomic mass is 35.5. The number of carbonyl (C=O) groups excluding carboxylic acids is 1. The predicted octanol–water partition coefficient (Wildman–Crippen LogP) is 6.97. The van der Waals surface area contributed by atoms with Crippen LogP contribution in [0.3, 0.4) is 0 Å². The van der Waals surface area contributed by atoms with Gasteiger partial charge in [-0.25, -0.2) is 9.48 Å². The second kappa shape index (κ2) is 12.7. The molecule has 1 aromatic heterocycles. The maximum atomic E-state index is 13.0. The molecule has 1 unspecified atom stereocenters. The number of hydrogen-bond acceptors (Lipinski definition) is 8. The summed E-state index contributed by atoms with van der Waals surface area (Å²) in [6.45, 7) is 6.65. The normalized spacial score (nSPS) is 14.3. The first-order chi connectivity index (χ1) is 19.9. The van der Waals surface area contributed by atoms with Gasteiger partial charge in [0.25, 0.3) is 0 Å². The van der Waals surface area contributed by atoms with Crippen LogP contribution in [-0.4, -0.2) is 34.5 Å². The molecule has 3 aromatic carbocycles. The molecule has 4 aromatic rings. The Morgan fingerprint density at radius 3 is 2.56 bits per heavy atom. The average molecular weight is 591 g/mol. The van der Waals surface area contributed by atoms with Gasteiger partial charge in [-0.3, -0.25) is 0 Å². The molecule has 0 bridgehead atoms. The molecule has 1 N–H and O–H groups in total. The quantitative estimate of drug-likeness (QED) is 0.156. The SMILES string of the molecule is CCOc1cc(C2C(C(=O)OC)=C(C)Nc3nc(SCc4ccccc4Cl)nn32)ccc1OCc1ccc(C)cc1. The summed E-state index contributed by atoms with van der Waals surface area (Å²) in [4.78, 5) is 17.7. The van der Waals surface area contributed by atoms with Crippen molar-refractivity contribution in [3.63, 3.8) is 0 Å². The van der Waals surface area contributed by atoms with Gasteiger partial charge in [0.15, 0.2) is 11.5 Å². The van der Waals surface area contributed by atoms with Crippen molar-refractivity contribution in [1.82, 2.24) is 14.8 Å². The summed E-state index contributed by atoms with van der Waals surface area (Å²) in [6.07, 6.45) is 0. The summed E-state index contributed by atoms with van der Waals surface area (Å²) in [7, 11) is 1.37. The summed E-state index contributed by atoms with van der Waals surface area (Å²) in [5.41, 5.74) is 5.10. The Hall–Kier alpha value is -3.95. The van der Waals surface area contributed by atoms with E-state index in [-0.39, 0.29) is 0 Å². The second-order valence-corrected chi connectivity index (χ2v) is 10.9. The van der Waals surface area contributed by atoms with E-state index >= 15 is 0 Å². The zero-order valence-electron chi connectivity index (χ0n) is 23.3. The van der Waals surface area contributed by atoms with Crippen LogP contribution < -0.4 is 14.8 Å². The van der Waals surface area contributed by atoms with Crippen LogP contribution in [0.2, 0.25) is 5.02 Å². The van der Waals surface area contributed by atoms with Crippen molar-refractivity contribution in [2.24, 2.45) is 0 Å². The first-order valence-electron chi connectivity index (χ1n) is 13.2. The third kappa shape index (κ3) is 6.36. The average Bonchev–Trinajstić information content (AvgIpc) is 3.38. The third-order valence-corrected chi connectivity index (χ3v) is 7.91. The van der Waals surface area contributed by atoms with Gasteiger partial charge < -0.3 is 19.5 Å². The topological polar surface area (TPSA) is 87.5 Å². The van der Waals surface area contributed by atoms with E-state index in [0.29, 0.717) is 57.9 Å². The molecule has 0 saturated carbocycles. The Morgan fingerprint density at radius 2 is 1.83 bits per heavy atom. The van der Waals surface area contributed by atoms with E-state index < -0.39 is 12.0 Å². The van der Waals surface area contributed by atoms with Crippen molar-refractivity contribution in [2.75, 3.05) is 19.0 Å². The summed E-state index contributed by atoms with van der Waals surface area (Å²) < 4.78 is 19.0. The number of rotatable bonds is 10. The number of nitrogens with zero attached hydrogens (tertiary/aromatic N) is 3. The van der Waals surface area contributed by atoms with Gasteiger partial charge in [-0.15, -0.1) is 5.10 Å². The molecule has 5 rings (SSSR count). The van der Waals surface area contributed by atoms with Crippen LogP contribution in [0.4, 0.5) is 5.95 Å². The van der Waals surface area contributed by atoms with Gasteiger partial charge in [-0.05, 0) is 55.7 Å². The molecule has 41 heavy (non-hydrogen) atoms. The van der Waals surface area contributed by atoms with Crippen molar-refractivity contribution in [2.45, 2.75) is 44.3 Å². The van der Waals surface area contributed by atoms with Gasteiger partial charge in [0.2, 0.25) is 11.1 Å². The molecular formula is C31H31ClN4O4S. The minimum absolute atomic E-state index is 0.401. The summed E-state index contributed by atoms with van der Waals surface area (Å²) in [5.74, 6) is 1.86. The smallest absolute Gasteiger partial charge is 0.338 e. The maximum Gasteiger partial charge on any atom is 0.338 e. The Labute approximate surface area is 248 Å². The lowest BCUT2D eigenvalue weighted by Gasteiger charge is -2.28. The number of carbonyl (C=O) groups is 1. The highest BCUT2D eigenvalue weighted by molar-refractivity contribution is 7.98. The van der Waals surface area contributed by atoms with Crippen LogP contribution in [0.1, 0.15) is 42.1 Å². The van der Waals surface area contributed by atoms with Gasteiger partial charge in [0, 0.05) is 16.5 Å². The van der Waals surface area contributed by atoms with E-state index in [1.54, 1.807) is 4.68 Å². The zero-order valence-corrected chi connectivity index (χ0v) is 24.9. The monoisotopic (exact) mass is 590 g/mol. The van der Waals surface area contributed by atoms with E-state index in [4.69, 9.17) is 35.9 Å². The van der Waals surface area contributed by atoms with Gasteiger partial charge in [0.05, 0.1) is 19.3 Å². The first kappa shape index (κ1) is 28.6. The molecule has 1 aliphatic rings. The molecule has 0 fully saturated rings. The lowest BCUT2D eigenvalue weighted by Crippen LogP contribution is -2.29. The molecule has 1 atom stereocenters. The number of benzene rings is 3. The number of thioether (sulfide) groups is 1. The Bertz CT molecular complexity index is 1590. The van der Waals surface area contributed by atoms with Gasteiger partial charge in [-0.1, -0.05) is 77.5 Å². The van der Waals surface area contributed by atoms with Gasteiger partial charge in [0.1, 0.15) is 12.6 Å². The standard InChI is InChI=1S/C31H31ClN4O4S/c1-5-39-26-16-22(14-15-25(26)40-17-21-12-10-19(2)11-13-21)28-27(29(37)38-4)20(3)33-30-34-31(35-36(28)30)41-18-23-8-6-7-9-24(23)32/h6-16,28H,5,17-18H2,1-4H3,(H,33,34,35). The molecule has 10 heteroatoms. The van der Waals surface area contributed by atoms with Crippen LogP contribution in [0, 0.1) is 6.92 Å². The molecule has 0 amide bonds. The van der Waals surface area contributed by atoms with Crippen molar-refractivity contribution in [1.29, 1.82) is 0 Å². The van der Waals surface area contributed by atoms with E-state index in [2.05, 4.69) is 24.4 Å². The molecule has 2 heterocycles. The molecular weight excluding hydrogens is 560 g/mol. The molecule has 0 aliphatic carbocycles. The van der Waals surface area contributed by atoms with Crippen LogP contribution in [-0.2, 0) is 21.9 Å². The number of halogens is 1. The number of methoxy groups -OCH3 is 1. The lowest BCUT2D eigenvalue weighted by molar-refractivity contribution is -0.136. The highest BCUT2D eigenvalue weighted by Gasteiger charge is 2.35. The zero-order chi connectivity index (χ0) is 28.9. The largest absolute Gasteiger partial charge is 0.490 e. The maximum absolute atomic E-state index is 13.0. The van der Waals surface area contributed by atoms with E-state index in [9.17, 15) is 4.79 Å². The number of aryl methyl sites for hydroxylation is 1. The Kier molecular flexibility index (Phi) is 8.85. The fraction of sp³-hybridized carbons (Fsp3) is 0.258. The number of ether oxygens (including phenoxy) is 3. The number of allylic oxidation sites excluding steroid dienone is 1. The van der Waals surface area contributed by atoms with Crippen LogP contribution in [0.5, 0.6) is 11.5 Å². The summed E-state index contributed by atoms with van der Waals surface area (Å²) >= 11 is 7.82. The van der Waals surface area contributed by atoms with Crippen LogP contribution in [0.15, 0.2) is 83.2 Å². The number of anilines is 1. The number of esters is 1. The molecule has 8 nitrogen and oxygen atoms in total. The fourth-order valence-corrected chi connectivity index (χ4v) is 5.68. The number of fused-ring (bicyclic) bond motifs is 1. The molecule has 0 spiro atoms. The van der Waals surface area contributed by atoms with Crippen molar-refractivity contribution < 1.29 is 19.0 Å². The summed E-state index contributed by atoms with van der Waals surface area (Å²) in [5, 5.41) is 9.25. The lowest BCUT2D eigenvalue weighted by atomic mass is 9.95. The summed E-state index contributed by atoms with van der Waals surface area (Å²) in [6, 6.07) is 21.0. The number of hydrogen-bond donors (Lipinski definition) is 1. The van der Waals surface area contributed by atoms with Gasteiger partial charge >= 0.3 is 5.97 Å². The molecule has 0 radical (unpaired) electrons. The third-order valence-electron chi connectivity index (χ3n) is 6.65. The van der Waals surface area contributed by atoms with E-state index in [1.165, 1.54) is 24.4 Å². The minimum atomic E-state index is -0.591. The van der Waals surface area contributed by atoms with Crippen molar-refractivity contribution in [3.8, 4) is 11.5 Å². The fourth-order valence-electron chi connectivity index (χ4n) is 4.56. The van der Waals surface area contributed by atoms with Crippen LogP contribution >= 0.6 is 23.4 Å². The van der Waals surface area contributed by atoms with Crippen LogP contribution in [0.25, 0.3) is 0 Å². The minimum Gasteiger partial charge on any atom is -0.490 e. The Morgan fingerprint density at radius 1 is 1.05 bits per heavy atom. The van der Waals surface area contributed by atoms with Crippen molar-refractivity contribution >= 4 is 35.3 Å².